The standard InChI is InChI=1S/C15H22N2O3.2C2H6/c1-16-9-3-2-4-14(18)17-13-7-5-12(6-8-13)15-19-10-11-20-15;2*1-2/h5-8,15-16H,2-4,9-11H2,1H3,(H,17,18);2*1-2H3. The van der Waals surface area contributed by atoms with Crippen LogP contribution in [0.2, 0.25) is 0 Å². The average Bonchev–Trinajstić information content (AvgIpc) is 3.18. The van der Waals surface area contributed by atoms with Gasteiger partial charge in [0.05, 0.1) is 13.2 Å². The van der Waals surface area contributed by atoms with Crippen molar-refractivity contribution >= 4 is 11.6 Å². The molecule has 138 valence electrons. The topological polar surface area (TPSA) is 59.6 Å². The normalized spacial score (nSPS) is 13.4. The summed E-state index contributed by atoms with van der Waals surface area (Å²) in [7, 11) is 1.92. The van der Waals surface area contributed by atoms with Crippen LogP contribution in [-0.4, -0.2) is 32.7 Å². The summed E-state index contributed by atoms with van der Waals surface area (Å²) >= 11 is 0. The van der Waals surface area contributed by atoms with E-state index < -0.39 is 0 Å². The molecule has 2 rings (SSSR count). The van der Waals surface area contributed by atoms with Crippen molar-refractivity contribution in [3.05, 3.63) is 29.8 Å². The van der Waals surface area contributed by atoms with Gasteiger partial charge in [-0.15, -0.1) is 0 Å². The molecule has 1 aliphatic rings. The van der Waals surface area contributed by atoms with Gasteiger partial charge in [-0.25, -0.2) is 0 Å². The van der Waals surface area contributed by atoms with Gasteiger partial charge in [0.25, 0.3) is 0 Å². The molecule has 1 heterocycles. The lowest BCUT2D eigenvalue weighted by Crippen LogP contribution is -2.13. The number of unbranched alkanes of at least 4 members (excludes halogenated alkanes) is 1. The molecule has 1 amide bonds. The molecule has 1 aliphatic heterocycles. The fraction of sp³-hybridized carbons (Fsp3) is 0.632. The van der Waals surface area contributed by atoms with Crippen LogP contribution in [-0.2, 0) is 14.3 Å². The van der Waals surface area contributed by atoms with E-state index in [9.17, 15) is 4.79 Å². The first kappa shape index (κ1) is 22.6. The smallest absolute Gasteiger partial charge is 0.224 e. The summed E-state index contributed by atoms with van der Waals surface area (Å²) in [5, 5.41) is 5.96. The second-order valence-corrected chi connectivity index (χ2v) is 4.80. The fourth-order valence-electron chi connectivity index (χ4n) is 2.09. The zero-order valence-corrected chi connectivity index (χ0v) is 15.9. The third-order valence-corrected chi connectivity index (χ3v) is 3.17. The zero-order chi connectivity index (χ0) is 18.2. The first-order valence-corrected chi connectivity index (χ1v) is 9.07. The van der Waals surface area contributed by atoms with Gasteiger partial charge >= 0.3 is 0 Å². The second kappa shape index (κ2) is 15.1. The monoisotopic (exact) mass is 338 g/mol. The van der Waals surface area contributed by atoms with Gasteiger partial charge in [-0.1, -0.05) is 39.8 Å². The van der Waals surface area contributed by atoms with Crippen LogP contribution < -0.4 is 10.6 Å². The Balaban J connectivity index is 0.00000123. The number of carbonyl (C=O) groups excluding carboxylic acids is 1. The SMILES string of the molecule is CC.CC.CNCCCCC(=O)Nc1ccc(C2OCCO2)cc1. The summed E-state index contributed by atoms with van der Waals surface area (Å²) < 4.78 is 10.8. The first-order valence-electron chi connectivity index (χ1n) is 9.07. The van der Waals surface area contributed by atoms with Crippen LogP contribution in [0.5, 0.6) is 0 Å². The van der Waals surface area contributed by atoms with Crippen molar-refractivity contribution in [3.63, 3.8) is 0 Å². The summed E-state index contributed by atoms with van der Waals surface area (Å²) in [6.45, 7) is 10.2. The molecule has 1 aromatic rings. The number of rotatable bonds is 7. The molecule has 0 radical (unpaired) electrons. The van der Waals surface area contributed by atoms with Gasteiger partial charge in [0.2, 0.25) is 5.91 Å². The van der Waals surface area contributed by atoms with Crippen molar-refractivity contribution in [3.8, 4) is 0 Å². The van der Waals surface area contributed by atoms with Gasteiger partial charge in [0, 0.05) is 17.7 Å². The molecule has 0 aromatic heterocycles. The number of hydrogen-bond acceptors (Lipinski definition) is 4. The minimum absolute atomic E-state index is 0.0576. The lowest BCUT2D eigenvalue weighted by molar-refractivity contribution is -0.116. The lowest BCUT2D eigenvalue weighted by atomic mass is 10.2. The largest absolute Gasteiger partial charge is 0.346 e. The van der Waals surface area contributed by atoms with Crippen LogP contribution >= 0.6 is 0 Å². The van der Waals surface area contributed by atoms with E-state index in [2.05, 4.69) is 10.6 Å². The molecule has 24 heavy (non-hydrogen) atoms. The number of benzene rings is 1. The van der Waals surface area contributed by atoms with E-state index in [1.165, 1.54) is 0 Å². The van der Waals surface area contributed by atoms with Gasteiger partial charge in [0.15, 0.2) is 6.29 Å². The number of anilines is 1. The van der Waals surface area contributed by atoms with E-state index in [1.54, 1.807) is 0 Å². The summed E-state index contributed by atoms with van der Waals surface area (Å²) in [6.07, 6.45) is 2.20. The van der Waals surface area contributed by atoms with Gasteiger partial charge in [-0.2, -0.15) is 0 Å². The number of nitrogens with one attached hydrogen (secondary N) is 2. The van der Waals surface area contributed by atoms with E-state index in [-0.39, 0.29) is 12.2 Å². The Kier molecular flexibility index (Phi) is 14.2. The fourth-order valence-corrected chi connectivity index (χ4v) is 2.09. The number of carbonyl (C=O) groups is 1. The van der Waals surface area contributed by atoms with E-state index in [0.717, 1.165) is 30.6 Å². The summed E-state index contributed by atoms with van der Waals surface area (Å²) in [6, 6.07) is 7.61. The van der Waals surface area contributed by atoms with Crippen molar-refractivity contribution < 1.29 is 14.3 Å². The van der Waals surface area contributed by atoms with Crippen LogP contribution in [0.3, 0.4) is 0 Å². The maximum absolute atomic E-state index is 11.7. The number of ether oxygens (including phenoxy) is 2. The van der Waals surface area contributed by atoms with Gasteiger partial charge < -0.3 is 20.1 Å². The molecule has 0 saturated carbocycles. The Hall–Kier alpha value is -1.43. The summed E-state index contributed by atoms with van der Waals surface area (Å²) in [5.74, 6) is 0.0576. The predicted molar refractivity (Wildman–Crippen MR) is 100 cm³/mol. The molecular formula is C19H34N2O3. The highest BCUT2D eigenvalue weighted by molar-refractivity contribution is 5.90. The Labute approximate surface area is 147 Å². The molecule has 1 saturated heterocycles. The maximum Gasteiger partial charge on any atom is 0.224 e. The van der Waals surface area contributed by atoms with Crippen LogP contribution in [0.4, 0.5) is 5.69 Å². The van der Waals surface area contributed by atoms with E-state index in [0.29, 0.717) is 19.6 Å². The minimum atomic E-state index is -0.263. The molecule has 0 bridgehead atoms. The molecule has 0 atom stereocenters. The van der Waals surface area contributed by atoms with E-state index in [1.807, 2.05) is 59.0 Å². The van der Waals surface area contributed by atoms with Crippen LogP contribution in [0.25, 0.3) is 0 Å². The molecule has 2 N–H and O–H groups in total. The Morgan fingerprint density at radius 3 is 2.17 bits per heavy atom. The predicted octanol–water partition coefficient (Wildman–Crippen LogP) is 4.11. The molecule has 0 unspecified atom stereocenters. The molecule has 1 fully saturated rings. The number of amides is 1. The van der Waals surface area contributed by atoms with E-state index in [4.69, 9.17) is 9.47 Å². The third-order valence-electron chi connectivity index (χ3n) is 3.17. The van der Waals surface area contributed by atoms with Crippen LogP contribution in [0.1, 0.15) is 58.8 Å². The minimum Gasteiger partial charge on any atom is -0.346 e. The maximum atomic E-state index is 11.7. The second-order valence-electron chi connectivity index (χ2n) is 4.80. The summed E-state index contributed by atoms with van der Waals surface area (Å²) in [5.41, 5.74) is 1.79. The quantitative estimate of drug-likeness (QED) is 0.735. The van der Waals surface area contributed by atoms with Crippen LogP contribution in [0.15, 0.2) is 24.3 Å². The first-order chi connectivity index (χ1) is 11.8. The lowest BCUT2D eigenvalue weighted by Gasteiger charge is -2.10. The van der Waals surface area contributed by atoms with Crippen molar-refractivity contribution in [1.29, 1.82) is 0 Å². The van der Waals surface area contributed by atoms with Gasteiger partial charge in [-0.05, 0) is 38.6 Å². The Morgan fingerprint density at radius 1 is 1.04 bits per heavy atom. The summed E-state index contributed by atoms with van der Waals surface area (Å²) in [4.78, 5) is 11.7. The molecular weight excluding hydrogens is 304 g/mol. The van der Waals surface area contributed by atoms with Crippen molar-refractivity contribution in [2.45, 2.75) is 53.2 Å². The number of hydrogen-bond donors (Lipinski definition) is 2. The van der Waals surface area contributed by atoms with E-state index >= 15 is 0 Å². The Bertz CT molecular complexity index is 415. The molecule has 5 heteroatoms. The Morgan fingerprint density at radius 2 is 1.62 bits per heavy atom. The highest BCUT2D eigenvalue weighted by Gasteiger charge is 2.17. The van der Waals surface area contributed by atoms with Crippen molar-refractivity contribution in [2.75, 3.05) is 32.1 Å². The van der Waals surface area contributed by atoms with Gasteiger partial charge in [0.1, 0.15) is 0 Å². The molecule has 5 nitrogen and oxygen atoms in total. The highest BCUT2D eigenvalue weighted by atomic mass is 16.7. The molecule has 0 aliphatic carbocycles. The molecule has 1 aromatic carbocycles. The molecule has 0 spiro atoms. The van der Waals surface area contributed by atoms with Gasteiger partial charge in [-0.3, -0.25) is 4.79 Å². The highest BCUT2D eigenvalue weighted by Crippen LogP contribution is 2.24. The zero-order valence-electron chi connectivity index (χ0n) is 15.9. The third kappa shape index (κ3) is 9.01. The average molecular weight is 338 g/mol. The van der Waals surface area contributed by atoms with Crippen molar-refractivity contribution in [1.82, 2.24) is 5.32 Å². The van der Waals surface area contributed by atoms with Crippen LogP contribution in [0, 0.1) is 0 Å². The van der Waals surface area contributed by atoms with Crippen molar-refractivity contribution in [2.24, 2.45) is 0 Å².